The van der Waals surface area contributed by atoms with Crippen LogP contribution in [0.5, 0.6) is 0 Å². The first-order valence-electron chi connectivity index (χ1n) is 6.82. The molecule has 0 aromatic rings. The molecule has 1 aliphatic carbocycles. The predicted octanol–water partition coefficient (Wildman–Crippen LogP) is 3.54. The molecular formula is C15H25NO2. The summed E-state index contributed by atoms with van der Waals surface area (Å²) in [7, 11) is 0. The van der Waals surface area contributed by atoms with Crippen LogP contribution in [0.3, 0.4) is 0 Å². The monoisotopic (exact) mass is 251 g/mol. The van der Waals surface area contributed by atoms with Gasteiger partial charge in [0.05, 0.1) is 6.61 Å². The second kappa shape index (κ2) is 6.17. The molecule has 3 heteroatoms. The molecular weight excluding hydrogens is 226 g/mol. The third kappa shape index (κ3) is 3.69. The van der Waals surface area contributed by atoms with Crippen LogP contribution in [0.4, 0.5) is 0 Å². The van der Waals surface area contributed by atoms with Crippen molar-refractivity contribution < 1.29 is 9.53 Å². The van der Waals surface area contributed by atoms with Gasteiger partial charge in [-0.1, -0.05) is 19.4 Å². The molecule has 1 rings (SSSR count). The highest BCUT2D eigenvalue weighted by molar-refractivity contribution is 6.43. The summed E-state index contributed by atoms with van der Waals surface area (Å²) in [6.07, 6.45) is 3.06. The van der Waals surface area contributed by atoms with E-state index in [1.54, 1.807) is 0 Å². The average Bonchev–Trinajstić information content (AvgIpc) is 2.26. The van der Waals surface area contributed by atoms with Crippen molar-refractivity contribution in [2.75, 3.05) is 13.2 Å². The quantitative estimate of drug-likeness (QED) is 0.566. The van der Waals surface area contributed by atoms with Crippen molar-refractivity contribution in [3.8, 4) is 0 Å². The maximum atomic E-state index is 12.0. The minimum Gasteiger partial charge on any atom is -0.461 e. The highest BCUT2D eigenvalue weighted by Gasteiger charge is 2.29. The Labute approximate surface area is 110 Å². The van der Waals surface area contributed by atoms with Crippen LogP contribution >= 0.6 is 0 Å². The number of ether oxygens (including phenoxy) is 1. The summed E-state index contributed by atoms with van der Waals surface area (Å²) in [5.41, 5.74) is 3.27. The van der Waals surface area contributed by atoms with Crippen LogP contribution in [0, 0.1) is 5.41 Å². The Morgan fingerprint density at radius 3 is 2.56 bits per heavy atom. The van der Waals surface area contributed by atoms with Crippen LogP contribution in [0.25, 0.3) is 0 Å². The van der Waals surface area contributed by atoms with Crippen molar-refractivity contribution in [3.05, 3.63) is 11.1 Å². The minimum absolute atomic E-state index is 0.270. The summed E-state index contributed by atoms with van der Waals surface area (Å²) >= 11 is 0. The predicted molar refractivity (Wildman–Crippen MR) is 74.9 cm³/mol. The number of nitrogens with zero attached hydrogens (tertiary/aromatic N) is 1. The third-order valence-corrected chi connectivity index (χ3v) is 3.38. The summed E-state index contributed by atoms with van der Waals surface area (Å²) in [6, 6.07) is 0. The molecule has 18 heavy (non-hydrogen) atoms. The van der Waals surface area contributed by atoms with E-state index in [2.05, 4.69) is 25.8 Å². The molecule has 1 aliphatic rings. The Balaban J connectivity index is 3.01. The Kier molecular flexibility index (Phi) is 5.12. The Hall–Kier alpha value is -1.12. The normalized spacial score (nSPS) is 19.9. The largest absolute Gasteiger partial charge is 0.461 e. The zero-order chi connectivity index (χ0) is 13.8. The van der Waals surface area contributed by atoms with Gasteiger partial charge < -0.3 is 4.74 Å². The zero-order valence-corrected chi connectivity index (χ0v) is 12.3. The van der Waals surface area contributed by atoms with Crippen molar-refractivity contribution in [3.63, 3.8) is 0 Å². The molecule has 0 amide bonds. The van der Waals surface area contributed by atoms with E-state index in [-0.39, 0.29) is 5.97 Å². The molecule has 0 aliphatic heterocycles. The van der Waals surface area contributed by atoms with Gasteiger partial charge in [-0.3, -0.25) is 4.99 Å². The second-order valence-electron chi connectivity index (χ2n) is 5.64. The number of hydrogen-bond acceptors (Lipinski definition) is 3. The SMILES string of the molecule is CCN=C(C(=O)OCC)C1=C(C)CC(C)(C)CC1. The third-order valence-electron chi connectivity index (χ3n) is 3.38. The Bertz CT molecular complexity index is 378. The van der Waals surface area contributed by atoms with E-state index in [0.717, 1.165) is 24.8 Å². The smallest absolute Gasteiger partial charge is 0.356 e. The molecule has 0 N–H and O–H groups in total. The van der Waals surface area contributed by atoms with E-state index < -0.39 is 0 Å². The van der Waals surface area contributed by atoms with Gasteiger partial charge >= 0.3 is 5.97 Å². The van der Waals surface area contributed by atoms with Crippen molar-refractivity contribution >= 4 is 11.7 Å². The molecule has 0 spiro atoms. The fourth-order valence-electron chi connectivity index (χ4n) is 2.55. The van der Waals surface area contributed by atoms with E-state index in [1.807, 2.05) is 13.8 Å². The lowest BCUT2D eigenvalue weighted by Crippen LogP contribution is -2.26. The zero-order valence-electron chi connectivity index (χ0n) is 12.3. The van der Waals surface area contributed by atoms with E-state index in [0.29, 0.717) is 24.3 Å². The maximum Gasteiger partial charge on any atom is 0.356 e. The van der Waals surface area contributed by atoms with Gasteiger partial charge in [0, 0.05) is 6.54 Å². The van der Waals surface area contributed by atoms with Gasteiger partial charge in [0.2, 0.25) is 0 Å². The van der Waals surface area contributed by atoms with Gasteiger partial charge in [0.1, 0.15) is 5.71 Å². The number of allylic oxidation sites excluding steroid dienone is 1. The van der Waals surface area contributed by atoms with E-state index in [1.165, 1.54) is 5.57 Å². The molecule has 0 saturated carbocycles. The molecule has 0 heterocycles. The number of carbonyl (C=O) groups is 1. The second-order valence-corrected chi connectivity index (χ2v) is 5.64. The molecule has 0 aromatic carbocycles. The highest BCUT2D eigenvalue weighted by atomic mass is 16.5. The molecule has 3 nitrogen and oxygen atoms in total. The van der Waals surface area contributed by atoms with Gasteiger partial charge in [0.15, 0.2) is 0 Å². The molecule has 0 saturated heterocycles. The summed E-state index contributed by atoms with van der Waals surface area (Å²) in [5.74, 6) is -0.270. The van der Waals surface area contributed by atoms with Gasteiger partial charge in [0.25, 0.3) is 0 Å². The van der Waals surface area contributed by atoms with Gasteiger partial charge in [-0.25, -0.2) is 4.79 Å². The van der Waals surface area contributed by atoms with E-state index in [9.17, 15) is 4.79 Å². The maximum absolute atomic E-state index is 12.0. The first-order chi connectivity index (χ1) is 8.41. The lowest BCUT2D eigenvalue weighted by atomic mass is 9.74. The molecule has 102 valence electrons. The number of rotatable bonds is 4. The standard InChI is InChI=1S/C15H25NO2/c1-6-16-13(14(17)18-7-2)12-8-9-15(4,5)10-11(12)3/h6-10H2,1-5H3. The Morgan fingerprint density at radius 1 is 1.39 bits per heavy atom. The van der Waals surface area contributed by atoms with Crippen molar-refractivity contribution in [1.29, 1.82) is 0 Å². The lowest BCUT2D eigenvalue weighted by Gasteiger charge is -2.32. The fourth-order valence-corrected chi connectivity index (χ4v) is 2.55. The number of carbonyl (C=O) groups excluding carboxylic acids is 1. The summed E-state index contributed by atoms with van der Waals surface area (Å²) in [4.78, 5) is 16.3. The minimum atomic E-state index is -0.270. The highest BCUT2D eigenvalue weighted by Crippen LogP contribution is 2.38. The van der Waals surface area contributed by atoms with Gasteiger partial charge in [-0.05, 0) is 51.0 Å². The van der Waals surface area contributed by atoms with Crippen molar-refractivity contribution in [2.45, 2.75) is 53.9 Å². The van der Waals surface area contributed by atoms with Gasteiger partial charge in [-0.15, -0.1) is 0 Å². The number of aliphatic imine (C=N–C) groups is 1. The van der Waals surface area contributed by atoms with Gasteiger partial charge in [-0.2, -0.15) is 0 Å². The van der Waals surface area contributed by atoms with Crippen molar-refractivity contribution in [2.24, 2.45) is 10.4 Å². The Morgan fingerprint density at radius 2 is 2.06 bits per heavy atom. The van der Waals surface area contributed by atoms with Crippen LogP contribution < -0.4 is 0 Å². The van der Waals surface area contributed by atoms with Crippen LogP contribution in [-0.2, 0) is 9.53 Å². The lowest BCUT2D eigenvalue weighted by molar-refractivity contribution is -0.135. The molecule has 0 fully saturated rings. The van der Waals surface area contributed by atoms with E-state index in [4.69, 9.17) is 4.74 Å². The van der Waals surface area contributed by atoms with Crippen LogP contribution in [0.15, 0.2) is 16.1 Å². The fraction of sp³-hybridized carbons (Fsp3) is 0.733. The number of esters is 1. The van der Waals surface area contributed by atoms with Crippen LogP contribution in [-0.4, -0.2) is 24.8 Å². The topological polar surface area (TPSA) is 38.7 Å². The van der Waals surface area contributed by atoms with Crippen LogP contribution in [0.1, 0.15) is 53.9 Å². The summed E-state index contributed by atoms with van der Waals surface area (Å²) in [5, 5.41) is 0. The first-order valence-corrected chi connectivity index (χ1v) is 6.82. The molecule has 0 radical (unpaired) electrons. The summed E-state index contributed by atoms with van der Waals surface area (Å²) in [6.45, 7) is 11.4. The average molecular weight is 251 g/mol. The summed E-state index contributed by atoms with van der Waals surface area (Å²) < 4.78 is 5.11. The number of hydrogen-bond donors (Lipinski definition) is 0. The van der Waals surface area contributed by atoms with Crippen molar-refractivity contribution in [1.82, 2.24) is 0 Å². The molecule has 0 atom stereocenters. The van der Waals surface area contributed by atoms with E-state index >= 15 is 0 Å². The molecule has 0 bridgehead atoms. The van der Waals surface area contributed by atoms with Crippen LogP contribution in [0.2, 0.25) is 0 Å². The first kappa shape index (κ1) is 14.9. The molecule has 0 aromatic heterocycles. The molecule has 0 unspecified atom stereocenters.